The van der Waals surface area contributed by atoms with Crippen LogP contribution < -0.4 is 10.6 Å². The highest BCUT2D eigenvalue weighted by molar-refractivity contribution is 9.10. The van der Waals surface area contributed by atoms with E-state index in [-0.39, 0.29) is 18.3 Å². The smallest absolute Gasteiger partial charge is 0.313 e. The molecule has 2 N–H and O–H groups in total. The number of ether oxygens (including phenoxy) is 1. The summed E-state index contributed by atoms with van der Waals surface area (Å²) in [6.07, 6.45) is 1.77. The molecule has 0 aromatic heterocycles. The maximum Gasteiger partial charge on any atom is 0.313 e. The number of carbonyl (C=O) groups excluding carboxylic acids is 2. The molecule has 1 aromatic carbocycles. The third kappa shape index (κ3) is 4.01. The van der Waals surface area contributed by atoms with E-state index < -0.39 is 17.6 Å². The first kappa shape index (κ1) is 14.9. The van der Waals surface area contributed by atoms with Gasteiger partial charge in [0.1, 0.15) is 5.82 Å². The Morgan fingerprint density at radius 3 is 2.90 bits per heavy atom. The van der Waals surface area contributed by atoms with Gasteiger partial charge in [-0.1, -0.05) is 15.9 Å². The van der Waals surface area contributed by atoms with Crippen LogP contribution in [0.5, 0.6) is 0 Å². The highest BCUT2D eigenvalue weighted by Crippen LogP contribution is 2.19. The molecule has 7 heteroatoms. The summed E-state index contributed by atoms with van der Waals surface area (Å²) >= 11 is 3.16. The van der Waals surface area contributed by atoms with Crippen LogP contribution in [-0.2, 0) is 14.3 Å². The summed E-state index contributed by atoms with van der Waals surface area (Å²) in [7, 11) is 0. The van der Waals surface area contributed by atoms with E-state index in [9.17, 15) is 14.0 Å². The van der Waals surface area contributed by atoms with Crippen molar-refractivity contribution in [3.8, 4) is 0 Å². The number of rotatable bonds is 3. The van der Waals surface area contributed by atoms with Gasteiger partial charge in [0.25, 0.3) is 0 Å². The Bertz CT molecular complexity index is 518. The summed E-state index contributed by atoms with van der Waals surface area (Å²) in [5.74, 6) is -2.31. The van der Waals surface area contributed by atoms with Crippen molar-refractivity contribution in [2.75, 3.05) is 18.5 Å². The van der Waals surface area contributed by atoms with Crippen LogP contribution >= 0.6 is 15.9 Å². The van der Waals surface area contributed by atoms with Crippen molar-refractivity contribution >= 4 is 33.4 Å². The second-order valence-electron chi connectivity index (χ2n) is 4.42. The monoisotopic (exact) mass is 344 g/mol. The lowest BCUT2D eigenvalue weighted by molar-refractivity contribution is -0.136. The van der Waals surface area contributed by atoms with Gasteiger partial charge in [0.05, 0.1) is 11.8 Å². The summed E-state index contributed by atoms with van der Waals surface area (Å²) < 4.78 is 19.4. The van der Waals surface area contributed by atoms with Crippen LogP contribution in [0.25, 0.3) is 0 Å². The maximum absolute atomic E-state index is 13.4. The van der Waals surface area contributed by atoms with Crippen LogP contribution in [0.1, 0.15) is 12.8 Å². The summed E-state index contributed by atoms with van der Waals surface area (Å²) in [5, 5.41) is 4.70. The second kappa shape index (κ2) is 6.81. The summed E-state index contributed by atoms with van der Waals surface area (Å²) in [6, 6.07) is 4.09. The van der Waals surface area contributed by atoms with Gasteiger partial charge in [-0.25, -0.2) is 4.39 Å². The van der Waals surface area contributed by atoms with Gasteiger partial charge in [-0.05, 0) is 31.0 Å². The van der Waals surface area contributed by atoms with Gasteiger partial charge in [0.15, 0.2) is 0 Å². The molecule has 1 aliphatic rings. The molecule has 1 fully saturated rings. The van der Waals surface area contributed by atoms with Gasteiger partial charge >= 0.3 is 11.8 Å². The van der Waals surface area contributed by atoms with Gasteiger partial charge in [-0.2, -0.15) is 0 Å². The normalized spacial score (nSPS) is 17.8. The quantitative estimate of drug-likeness (QED) is 0.822. The minimum Gasteiger partial charge on any atom is -0.376 e. The number of benzene rings is 1. The molecule has 1 aliphatic heterocycles. The fourth-order valence-corrected chi connectivity index (χ4v) is 2.23. The van der Waals surface area contributed by atoms with Gasteiger partial charge in [-0.15, -0.1) is 0 Å². The Morgan fingerprint density at radius 2 is 2.20 bits per heavy atom. The minimum absolute atomic E-state index is 0.0448. The van der Waals surface area contributed by atoms with Gasteiger partial charge in [-0.3, -0.25) is 9.59 Å². The molecule has 1 aromatic rings. The Morgan fingerprint density at radius 1 is 1.40 bits per heavy atom. The van der Waals surface area contributed by atoms with Crippen molar-refractivity contribution in [3.63, 3.8) is 0 Å². The Labute approximate surface area is 124 Å². The van der Waals surface area contributed by atoms with Crippen LogP contribution in [0.15, 0.2) is 22.7 Å². The van der Waals surface area contributed by atoms with E-state index in [0.29, 0.717) is 11.1 Å². The molecule has 5 nitrogen and oxygen atoms in total. The van der Waals surface area contributed by atoms with E-state index in [1.54, 1.807) is 0 Å². The van der Waals surface area contributed by atoms with Crippen LogP contribution in [0.4, 0.5) is 10.1 Å². The standard InChI is InChI=1S/C13H14BrFN2O3/c14-8-3-4-10(15)11(6-8)17-13(19)12(18)16-7-9-2-1-5-20-9/h3-4,6,9H,1-2,5,7H2,(H,16,18)(H,17,19)/t9-/m0/s1. The third-order valence-corrected chi connectivity index (χ3v) is 3.39. The van der Waals surface area contributed by atoms with Crippen LogP contribution in [0, 0.1) is 5.82 Å². The average Bonchev–Trinajstić information content (AvgIpc) is 2.93. The lowest BCUT2D eigenvalue weighted by atomic mass is 10.2. The van der Waals surface area contributed by atoms with Crippen molar-refractivity contribution in [2.45, 2.75) is 18.9 Å². The van der Waals surface area contributed by atoms with Crippen LogP contribution in [-0.4, -0.2) is 31.1 Å². The molecule has 0 bridgehead atoms. The fourth-order valence-electron chi connectivity index (χ4n) is 1.86. The highest BCUT2D eigenvalue weighted by atomic mass is 79.9. The predicted octanol–water partition coefficient (Wildman–Crippen LogP) is 1.82. The summed E-state index contributed by atoms with van der Waals surface area (Å²) in [6.45, 7) is 0.962. The number of hydrogen-bond acceptors (Lipinski definition) is 3. The average molecular weight is 345 g/mol. The van der Waals surface area contributed by atoms with Gasteiger partial charge in [0, 0.05) is 17.6 Å². The van der Waals surface area contributed by atoms with Gasteiger partial charge in [0.2, 0.25) is 0 Å². The molecule has 108 valence electrons. The van der Waals surface area contributed by atoms with E-state index in [2.05, 4.69) is 26.6 Å². The number of carbonyl (C=O) groups is 2. The van der Waals surface area contributed by atoms with Crippen molar-refractivity contribution in [3.05, 3.63) is 28.5 Å². The molecule has 0 saturated carbocycles. The van der Waals surface area contributed by atoms with E-state index in [1.165, 1.54) is 18.2 Å². The molecule has 1 heterocycles. The number of amides is 2. The van der Waals surface area contributed by atoms with Crippen molar-refractivity contribution in [1.29, 1.82) is 0 Å². The molecule has 2 rings (SSSR count). The summed E-state index contributed by atoms with van der Waals surface area (Å²) in [4.78, 5) is 23.2. The predicted molar refractivity (Wildman–Crippen MR) is 74.7 cm³/mol. The zero-order chi connectivity index (χ0) is 14.5. The first-order valence-corrected chi connectivity index (χ1v) is 7.01. The van der Waals surface area contributed by atoms with Crippen molar-refractivity contribution < 1.29 is 18.7 Å². The van der Waals surface area contributed by atoms with E-state index in [0.717, 1.165) is 12.8 Å². The molecule has 20 heavy (non-hydrogen) atoms. The zero-order valence-corrected chi connectivity index (χ0v) is 12.2. The molecule has 1 saturated heterocycles. The van der Waals surface area contributed by atoms with E-state index in [4.69, 9.17) is 4.74 Å². The van der Waals surface area contributed by atoms with Crippen LogP contribution in [0.3, 0.4) is 0 Å². The molecule has 0 unspecified atom stereocenters. The zero-order valence-electron chi connectivity index (χ0n) is 10.6. The molecular weight excluding hydrogens is 331 g/mol. The van der Waals surface area contributed by atoms with Gasteiger partial charge < -0.3 is 15.4 Å². The Balaban J connectivity index is 1.87. The Kier molecular flexibility index (Phi) is 5.08. The first-order chi connectivity index (χ1) is 9.56. The maximum atomic E-state index is 13.4. The highest BCUT2D eigenvalue weighted by Gasteiger charge is 2.20. The third-order valence-electron chi connectivity index (χ3n) is 2.90. The van der Waals surface area contributed by atoms with E-state index >= 15 is 0 Å². The van der Waals surface area contributed by atoms with Crippen molar-refractivity contribution in [1.82, 2.24) is 5.32 Å². The molecule has 0 radical (unpaired) electrons. The fraction of sp³-hybridized carbons (Fsp3) is 0.385. The first-order valence-electron chi connectivity index (χ1n) is 6.22. The summed E-state index contributed by atoms with van der Waals surface area (Å²) in [5.41, 5.74) is -0.0448. The topological polar surface area (TPSA) is 67.4 Å². The number of nitrogens with one attached hydrogen (secondary N) is 2. The molecule has 1 atom stereocenters. The number of anilines is 1. The number of halogens is 2. The minimum atomic E-state index is -0.903. The SMILES string of the molecule is O=C(NC[C@@H]1CCCO1)C(=O)Nc1cc(Br)ccc1F. The van der Waals surface area contributed by atoms with Crippen molar-refractivity contribution in [2.24, 2.45) is 0 Å². The molecular formula is C13H14BrFN2O3. The molecule has 0 aliphatic carbocycles. The Hall–Kier alpha value is -1.47. The second-order valence-corrected chi connectivity index (χ2v) is 5.34. The van der Waals surface area contributed by atoms with E-state index in [1.807, 2.05) is 0 Å². The lowest BCUT2D eigenvalue weighted by Crippen LogP contribution is -2.39. The lowest BCUT2D eigenvalue weighted by Gasteiger charge is -2.11. The van der Waals surface area contributed by atoms with Crippen LogP contribution in [0.2, 0.25) is 0 Å². The molecule has 0 spiro atoms. The largest absolute Gasteiger partial charge is 0.376 e. The number of hydrogen-bond donors (Lipinski definition) is 2. The molecule has 2 amide bonds.